The Kier molecular flexibility index (Phi) is 6.71. The predicted octanol–water partition coefficient (Wildman–Crippen LogP) is 2.73. The molecule has 0 amide bonds. The number of nitrogens with zero attached hydrogens (tertiary/aromatic N) is 1. The Hall–Kier alpha value is -2.78. The number of ether oxygens (including phenoxy) is 1. The number of H-pyrrole nitrogens is 1. The summed E-state index contributed by atoms with van der Waals surface area (Å²) in [5.74, 6) is -1.57. The second-order valence-electron chi connectivity index (χ2n) is 8.06. The number of Topliss-reactive ketones (excluding diaryl/α,β-unsaturated/α-hetero) is 2. The molecule has 0 saturated heterocycles. The summed E-state index contributed by atoms with van der Waals surface area (Å²) in [7, 11) is -3.68. The summed E-state index contributed by atoms with van der Waals surface area (Å²) in [5, 5.41) is 0. The number of ketones is 2. The lowest BCUT2D eigenvalue weighted by atomic mass is 9.96. The van der Waals surface area contributed by atoms with Crippen molar-refractivity contribution in [1.82, 2.24) is 9.29 Å². The van der Waals surface area contributed by atoms with E-state index in [0.29, 0.717) is 16.8 Å². The van der Waals surface area contributed by atoms with Gasteiger partial charge in [0.2, 0.25) is 15.8 Å². The smallest absolute Gasteiger partial charge is 0.325 e. The van der Waals surface area contributed by atoms with Crippen LogP contribution in [0.1, 0.15) is 64.0 Å². The van der Waals surface area contributed by atoms with Crippen LogP contribution in [0, 0.1) is 13.8 Å². The molecule has 1 aliphatic heterocycles. The lowest BCUT2D eigenvalue weighted by molar-refractivity contribution is -0.151. The van der Waals surface area contributed by atoms with Crippen LogP contribution in [-0.4, -0.2) is 53.1 Å². The summed E-state index contributed by atoms with van der Waals surface area (Å²) in [6, 6.07) is 6.30. The Morgan fingerprint density at radius 3 is 2.38 bits per heavy atom. The van der Waals surface area contributed by atoms with Crippen molar-refractivity contribution in [3.05, 3.63) is 57.9 Å². The van der Waals surface area contributed by atoms with Gasteiger partial charge >= 0.3 is 5.97 Å². The molecule has 1 aliphatic rings. The number of esters is 1. The molecule has 0 fully saturated rings. The van der Waals surface area contributed by atoms with E-state index in [0.717, 1.165) is 15.4 Å². The number of rotatable bonds is 7. The average Bonchev–Trinajstić information content (AvgIpc) is 3.05. The maximum Gasteiger partial charge on any atom is 0.325 e. The summed E-state index contributed by atoms with van der Waals surface area (Å²) < 4.78 is 32.0. The van der Waals surface area contributed by atoms with E-state index in [9.17, 15) is 22.8 Å². The molecule has 2 heterocycles. The highest BCUT2D eigenvalue weighted by Crippen LogP contribution is 2.27. The maximum atomic E-state index is 13.0. The third-order valence-corrected chi connectivity index (χ3v) is 7.73. The van der Waals surface area contributed by atoms with Crippen molar-refractivity contribution < 1.29 is 27.5 Å². The standard InChI is InChI=1S/C23H28N2O6S/c1-6-32(29,30)25-12-18-10-8-7-9-17(18)11-19(25)23(28)31-16(5)22(27)21-13(2)20(15(4)26)14(3)24-21/h7-10,16,19,24H,6,11-12H2,1-5H3/t16-,19+/m1/s1. The van der Waals surface area contributed by atoms with Crippen molar-refractivity contribution in [2.45, 2.75) is 59.7 Å². The van der Waals surface area contributed by atoms with E-state index in [4.69, 9.17) is 4.74 Å². The van der Waals surface area contributed by atoms with Gasteiger partial charge in [-0.25, -0.2) is 8.42 Å². The fraction of sp³-hybridized carbons (Fsp3) is 0.435. The van der Waals surface area contributed by atoms with Gasteiger partial charge in [0.05, 0.1) is 11.4 Å². The Balaban J connectivity index is 1.85. The van der Waals surface area contributed by atoms with Crippen molar-refractivity contribution in [1.29, 1.82) is 0 Å². The first-order valence-corrected chi connectivity index (χ1v) is 12.1. The number of sulfonamides is 1. The molecule has 0 radical (unpaired) electrons. The number of fused-ring (bicyclic) bond motifs is 1. The zero-order chi connectivity index (χ0) is 23.8. The van der Waals surface area contributed by atoms with Crippen LogP contribution in [0.25, 0.3) is 0 Å². The summed E-state index contributed by atoms with van der Waals surface area (Å²) in [6.45, 7) is 7.82. The molecule has 9 heteroatoms. The highest BCUT2D eigenvalue weighted by molar-refractivity contribution is 7.89. The molecule has 3 rings (SSSR count). The summed E-state index contributed by atoms with van der Waals surface area (Å²) in [6.07, 6.45) is -0.980. The van der Waals surface area contributed by atoms with Gasteiger partial charge in [-0.2, -0.15) is 4.31 Å². The Morgan fingerprint density at radius 1 is 1.19 bits per heavy atom. The minimum absolute atomic E-state index is 0.0747. The lowest BCUT2D eigenvalue weighted by Gasteiger charge is -2.34. The molecule has 0 saturated carbocycles. The van der Waals surface area contributed by atoms with Gasteiger partial charge in [-0.1, -0.05) is 24.3 Å². The van der Waals surface area contributed by atoms with Gasteiger partial charge in [-0.3, -0.25) is 14.4 Å². The lowest BCUT2D eigenvalue weighted by Crippen LogP contribution is -2.50. The Labute approximate surface area is 188 Å². The van der Waals surface area contributed by atoms with Crippen molar-refractivity contribution in [2.24, 2.45) is 0 Å². The number of benzene rings is 1. The number of aromatic amines is 1. The van der Waals surface area contributed by atoms with E-state index in [1.54, 1.807) is 13.8 Å². The number of aryl methyl sites for hydroxylation is 1. The Bertz CT molecular complexity index is 1180. The number of hydrogen-bond donors (Lipinski definition) is 1. The highest BCUT2D eigenvalue weighted by Gasteiger charge is 2.40. The molecule has 32 heavy (non-hydrogen) atoms. The average molecular weight is 461 g/mol. The quantitative estimate of drug-likeness (QED) is 0.502. The van der Waals surface area contributed by atoms with Crippen LogP contribution < -0.4 is 0 Å². The van der Waals surface area contributed by atoms with Crippen LogP contribution in [0.2, 0.25) is 0 Å². The minimum Gasteiger partial charge on any atom is -0.453 e. The zero-order valence-electron chi connectivity index (χ0n) is 18.9. The predicted molar refractivity (Wildman–Crippen MR) is 119 cm³/mol. The molecule has 2 atom stereocenters. The van der Waals surface area contributed by atoms with E-state index < -0.39 is 33.9 Å². The van der Waals surface area contributed by atoms with Crippen LogP contribution in [0.4, 0.5) is 0 Å². The molecule has 0 unspecified atom stereocenters. The monoisotopic (exact) mass is 460 g/mol. The van der Waals surface area contributed by atoms with Gasteiger partial charge in [0.15, 0.2) is 11.9 Å². The van der Waals surface area contributed by atoms with E-state index >= 15 is 0 Å². The van der Waals surface area contributed by atoms with Gasteiger partial charge < -0.3 is 9.72 Å². The fourth-order valence-corrected chi connectivity index (χ4v) is 5.41. The molecule has 0 aliphatic carbocycles. The second-order valence-corrected chi connectivity index (χ2v) is 10.3. The molecule has 1 N–H and O–H groups in total. The third kappa shape index (κ3) is 4.40. The Morgan fingerprint density at radius 2 is 1.81 bits per heavy atom. The van der Waals surface area contributed by atoms with Crippen molar-refractivity contribution in [3.8, 4) is 0 Å². The fourth-order valence-electron chi connectivity index (χ4n) is 4.19. The topological polar surface area (TPSA) is 114 Å². The van der Waals surface area contributed by atoms with E-state index in [1.165, 1.54) is 20.8 Å². The zero-order valence-corrected chi connectivity index (χ0v) is 19.7. The largest absolute Gasteiger partial charge is 0.453 e. The number of nitrogens with one attached hydrogen (secondary N) is 1. The van der Waals surface area contributed by atoms with Crippen molar-refractivity contribution in [3.63, 3.8) is 0 Å². The van der Waals surface area contributed by atoms with Crippen LogP contribution in [0.3, 0.4) is 0 Å². The molecule has 0 bridgehead atoms. The van der Waals surface area contributed by atoms with E-state index in [1.807, 2.05) is 24.3 Å². The van der Waals surface area contributed by atoms with Crippen LogP contribution in [0.5, 0.6) is 0 Å². The van der Waals surface area contributed by atoms with Crippen molar-refractivity contribution >= 4 is 27.6 Å². The number of hydrogen-bond acceptors (Lipinski definition) is 6. The maximum absolute atomic E-state index is 13.0. The van der Waals surface area contributed by atoms with E-state index in [-0.39, 0.29) is 30.2 Å². The molecule has 0 spiro atoms. The summed E-state index contributed by atoms with van der Waals surface area (Å²) in [5.41, 5.74) is 3.44. The first kappa shape index (κ1) is 23.9. The highest BCUT2D eigenvalue weighted by atomic mass is 32.2. The molecular formula is C23H28N2O6S. The normalized spacial score (nSPS) is 17.5. The molecule has 2 aromatic rings. The molecular weight excluding hydrogens is 432 g/mol. The summed E-state index contributed by atoms with van der Waals surface area (Å²) >= 11 is 0. The van der Waals surface area contributed by atoms with Crippen LogP contribution in [-0.2, 0) is 32.5 Å². The summed E-state index contributed by atoms with van der Waals surface area (Å²) in [4.78, 5) is 40.8. The number of carbonyl (C=O) groups is 3. The first-order valence-electron chi connectivity index (χ1n) is 10.5. The van der Waals surface area contributed by atoms with Crippen molar-refractivity contribution in [2.75, 3.05) is 5.75 Å². The van der Waals surface area contributed by atoms with Crippen LogP contribution >= 0.6 is 0 Å². The third-order valence-electron chi connectivity index (χ3n) is 5.90. The van der Waals surface area contributed by atoms with Gasteiger partial charge in [0.25, 0.3) is 0 Å². The van der Waals surface area contributed by atoms with Gasteiger partial charge in [0.1, 0.15) is 6.04 Å². The van der Waals surface area contributed by atoms with Gasteiger partial charge in [-0.15, -0.1) is 0 Å². The van der Waals surface area contributed by atoms with Gasteiger partial charge in [-0.05, 0) is 51.3 Å². The first-order chi connectivity index (χ1) is 15.0. The molecule has 172 valence electrons. The second kappa shape index (κ2) is 8.99. The van der Waals surface area contributed by atoms with Gasteiger partial charge in [0, 0.05) is 24.2 Å². The minimum atomic E-state index is -3.68. The molecule has 1 aromatic carbocycles. The van der Waals surface area contributed by atoms with E-state index in [2.05, 4.69) is 4.98 Å². The number of carbonyl (C=O) groups excluding carboxylic acids is 3. The molecule has 8 nitrogen and oxygen atoms in total. The molecule has 1 aromatic heterocycles. The van der Waals surface area contributed by atoms with Crippen LogP contribution in [0.15, 0.2) is 24.3 Å². The SMILES string of the molecule is CCS(=O)(=O)N1Cc2ccccc2C[C@H]1C(=O)O[C@H](C)C(=O)c1[nH]c(C)c(C(C)=O)c1C. The number of aromatic nitrogens is 1.